The Morgan fingerprint density at radius 2 is 1.70 bits per heavy atom. The quantitative estimate of drug-likeness (QED) is 0.813. The van der Waals surface area contributed by atoms with Gasteiger partial charge >= 0.3 is 0 Å². The second-order valence-corrected chi connectivity index (χ2v) is 8.15. The van der Waals surface area contributed by atoms with Crippen molar-refractivity contribution in [2.45, 2.75) is 55.7 Å². The summed E-state index contributed by atoms with van der Waals surface area (Å²) in [5, 5.41) is 6.12. The summed E-state index contributed by atoms with van der Waals surface area (Å²) in [4.78, 5) is 12.5. The molecule has 1 aliphatic carbocycles. The van der Waals surface area contributed by atoms with Gasteiger partial charge in [0.2, 0.25) is 5.91 Å². The molecular formula is C13H25ClN2O3S. The highest BCUT2D eigenvalue weighted by atomic mass is 35.5. The molecule has 1 saturated heterocycles. The molecule has 5 nitrogen and oxygen atoms in total. The van der Waals surface area contributed by atoms with E-state index in [0.29, 0.717) is 25.9 Å². The van der Waals surface area contributed by atoms with Crippen LogP contribution in [-0.4, -0.2) is 44.5 Å². The predicted octanol–water partition coefficient (Wildman–Crippen LogP) is 1.02. The molecule has 1 aliphatic heterocycles. The largest absolute Gasteiger partial charge is 0.352 e. The van der Waals surface area contributed by atoms with Crippen molar-refractivity contribution in [3.8, 4) is 0 Å². The number of carbonyl (C=O) groups is 1. The van der Waals surface area contributed by atoms with Crippen LogP contribution in [0.25, 0.3) is 0 Å². The molecule has 2 rings (SSSR count). The summed E-state index contributed by atoms with van der Waals surface area (Å²) in [5.41, 5.74) is 0. The first kappa shape index (κ1) is 17.7. The maximum Gasteiger partial charge on any atom is 0.241 e. The summed E-state index contributed by atoms with van der Waals surface area (Å²) in [6.07, 6.45) is 7.37. The molecule has 0 aromatic rings. The third-order valence-electron chi connectivity index (χ3n) is 4.48. The first-order chi connectivity index (χ1) is 8.96. The highest BCUT2D eigenvalue weighted by molar-refractivity contribution is 7.92. The van der Waals surface area contributed by atoms with Crippen LogP contribution in [0.3, 0.4) is 0 Å². The van der Waals surface area contributed by atoms with Crippen molar-refractivity contribution in [1.29, 1.82) is 0 Å². The zero-order chi connectivity index (χ0) is 13.9. The van der Waals surface area contributed by atoms with Gasteiger partial charge in [-0.05, 0) is 38.8 Å². The number of hydrogen-bond donors (Lipinski definition) is 2. The van der Waals surface area contributed by atoms with E-state index in [-0.39, 0.29) is 24.4 Å². The molecular weight excluding hydrogens is 300 g/mol. The normalized spacial score (nSPS) is 23.6. The lowest BCUT2D eigenvalue weighted by atomic mass is 9.92. The molecule has 7 heteroatoms. The Kier molecular flexibility index (Phi) is 6.28. The maximum absolute atomic E-state index is 12.5. The van der Waals surface area contributed by atoms with Crippen LogP contribution in [0.5, 0.6) is 0 Å². The van der Waals surface area contributed by atoms with Crippen LogP contribution in [0.15, 0.2) is 0 Å². The number of nitrogens with one attached hydrogen (secondary N) is 2. The van der Waals surface area contributed by atoms with E-state index in [4.69, 9.17) is 0 Å². The Morgan fingerprint density at radius 3 is 2.20 bits per heavy atom. The smallest absolute Gasteiger partial charge is 0.241 e. The van der Waals surface area contributed by atoms with E-state index in [2.05, 4.69) is 10.6 Å². The van der Waals surface area contributed by atoms with Gasteiger partial charge in [0.05, 0.1) is 0 Å². The molecule has 20 heavy (non-hydrogen) atoms. The number of amides is 1. The Hall–Kier alpha value is -0.330. The fourth-order valence-corrected chi connectivity index (χ4v) is 4.50. The molecule has 0 spiro atoms. The van der Waals surface area contributed by atoms with E-state index in [1.807, 2.05) is 0 Å². The van der Waals surface area contributed by atoms with Crippen LogP contribution in [0.4, 0.5) is 0 Å². The molecule has 2 N–H and O–H groups in total. The zero-order valence-electron chi connectivity index (χ0n) is 12.0. The van der Waals surface area contributed by atoms with Crippen molar-refractivity contribution < 1.29 is 13.2 Å². The SMILES string of the molecule is CS(=O)(=O)C1(C(=O)NC2CCCCC2)CCNCC1.Cl. The second-order valence-electron chi connectivity index (χ2n) is 5.82. The van der Waals surface area contributed by atoms with Gasteiger partial charge < -0.3 is 10.6 Å². The van der Waals surface area contributed by atoms with Crippen LogP contribution >= 0.6 is 12.4 Å². The second kappa shape index (κ2) is 7.09. The predicted molar refractivity (Wildman–Crippen MR) is 81.9 cm³/mol. The Bertz CT molecular complexity index is 427. The number of halogens is 1. The van der Waals surface area contributed by atoms with Crippen LogP contribution in [0.1, 0.15) is 44.9 Å². The number of piperidine rings is 1. The maximum atomic E-state index is 12.5. The average molecular weight is 325 g/mol. The van der Waals surface area contributed by atoms with Crippen LogP contribution < -0.4 is 10.6 Å². The third-order valence-corrected chi connectivity index (χ3v) is 6.49. The van der Waals surface area contributed by atoms with E-state index in [0.717, 1.165) is 25.7 Å². The average Bonchev–Trinajstić information content (AvgIpc) is 2.39. The summed E-state index contributed by atoms with van der Waals surface area (Å²) in [5.74, 6) is -0.275. The number of hydrogen-bond acceptors (Lipinski definition) is 4. The van der Waals surface area contributed by atoms with E-state index >= 15 is 0 Å². The molecule has 0 aromatic carbocycles. The van der Waals surface area contributed by atoms with Crippen LogP contribution in [0.2, 0.25) is 0 Å². The van der Waals surface area contributed by atoms with Crippen LogP contribution in [-0.2, 0) is 14.6 Å². The highest BCUT2D eigenvalue weighted by Crippen LogP contribution is 2.29. The Balaban J connectivity index is 0.00000200. The first-order valence-corrected chi connectivity index (χ1v) is 9.06. The van der Waals surface area contributed by atoms with Gasteiger partial charge in [-0.3, -0.25) is 4.79 Å². The molecule has 1 amide bonds. The molecule has 2 fully saturated rings. The number of sulfone groups is 1. The fourth-order valence-electron chi connectivity index (χ4n) is 3.16. The zero-order valence-corrected chi connectivity index (χ0v) is 13.6. The molecule has 0 bridgehead atoms. The van der Waals surface area contributed by atoms with Gasteiger partial charge in [0.25, 0.3) is 0 Å². The molecule has 0 radical (unpaired) electrons. The van der Waals surface area contributed by atoms with Crippen molar-refractivity contribution in [1.82, 2.24) is 10.6 Å². The van der Waals surface area contributed by atoms with Crippen LogP contribution in [0, 0.1) is 0 Å². The fraction of sp³-hybridized carbons (Fsp3) is 0.923. The van der Waals surface area contributed by atoms with E-state index < -0.39 is 14.6 Å². The molecule has 0 aromatic heterocycles. The lowest BCUT2D eigenvalue weighted by molar-refractivity contribution is -0.125. The van der Waals surface area contributed by atoms with Crippen molar-refractivity contribution in [3.63, 3.8) is 0 Å². The minimum Gasteiger partial charge on any atom is -0.352 e. The molecule has 0 atom stereocenters. The van der Waals surface area contributed by atoms with E-state index in [9.17, 15) is 13.2 Å². The van der Waals surface area contributed by atoms with Gasteiger partial charge in [0, 0.05) is 12.3 Å². The lowest BCUT2D eigenvalue weighted by Gasteiger charge is -2.36. The van der Waals surface area contributed by atoms with Gasteiger partial charge in [0.15, 0.2) is 14.6 Å². The standard InChI is InChI=1S/C13H24N2O3S.ClH/c1-19(17,18)13(7-9-14-10-8-13)12(16)15-11-5-3-2-4-6-11;/h11,14H,2-10H2,1H3,(H,15,16);1H. The third kappa shape index (κ3) is 3.65. The van der Waals surface area contributed by atoms with E-state index in [1.165, 1.54) is 12.7 Å². The lowest BCUT2D eigenvalue weighted by Crippen LogP contribution is -2.59. The number of rotatable bonds is 3. The van der Waals surface area contributed by atoms with Crippen molar-refractivity contribution in [3.05, 3.63) is 0 Å². The molecule has 118 valence electrons. The van der Waals surface area contributed by atoms with Gasteiger partial charge in [-0.25, -0.2) is 8.42 Å². The topological polar surface area (TPSA) is 75.3 Å². The van der Waals surface area contributed by atoms with Crippen molar-refractivity contribution in [2.75, 3.05) is 19.3 Å². The van der Waals surface area contributed by atoms with Crippen molar-refractivity contribution in [2.24, 2.45) is 0 Å². The van der Waals surface area contributed by atoms with Gasteiger partial charge in [0.1, 0.15) is 0 Å². The summed E-state index contributed by atoms with van der Waals surface area (Å²) in [6.45, 7) is 1.18. The van der Waals surface area contributed by atoms with Crippen molar-refractivity contribution >= 4 is 28.2 Å². The summed E-state index contributed by atoms with van der Waals surface area (Å²) < 4.78 is 23.0. The molecule has 2 aliphatic rings. The molecule has 0 unspecified atom stereocenters. The molecule has 1 saturated carbocycles. The number of carbonyl (C=O) groups excluding carboxylic acids is 1. The highest BCUT2D eigenvalue weighted by Gasteiger charge is 2.48. The van der Waals surface area contributed by atoms with Gasteiger partial charge in [-0.1, -0.05) is 19.3 Å². The summed E-state index contributed by atoms with van der Waals surface area (Å²) in [7, 11) is -3.39. The van der Waals surface area contributed by atoms with E-state index in [1.54, 1.807) is 0 Å². The first-order valence-electron chi connectivity index (χ1n) is 7.17. The monoisotopic (exact) mass is 324 g/mol. The Morgan fingerprint density at radius 1 is 1.15 bits per heavy atom. The Labute approximate surface area is 127 Å². The summed E-state index contributed by atoms with van der Waals surface area (Å²) in [6, 6.07) is 0.162. The van der Waals surface area contributed by atoms with Gasteiger partial charge in [-0.15, -0.1) is 12.4 Å². The minimum absolute atomic E-state index is 0. The minimum atomic E-state index is -3.39. The molecule has 1 heterocycles. The summed E-state index contributed by atoms with van der Waals surface area (Å²) >= 11 is 0. The van der Waals surface area contributed by atoms with Gasteiger partial charge in [-0.2, -0.15) is 0 Å².